The van der Waals surface area contributed by atoms with Gasteiger partial charge in [-0.15, -0.1) is 0 Å². The van der Waals surface area contributed by atoms with Gasteiger partial charge in [0.05, 0.1) is 21.8 Å². The van der Waals surface area contributed by atoms with E-state index < -0.39 is 34.9 Å². The monoisotopic (exact) mass is 453 g/mol. The number of ether oxygens (including phenoxy) is 1. The van der Waals surface area contributed by atoms with Gasteiger partial charge in [0.1, 0.15) is 5.82 Å². The highest BCUT2D eigenvalue weighted by molar-refractivity contribution is 6.34. The maximum Gasteiger partial charge on any atom is 0.420 e. The minimum atomic E-state index is -4.79. The number of esters is 1. The van der Waals surface area contributed by atoms with E-state index in [4.69, 9.17) is 11.6 Å². The number of benzene rings is 3. The fourth-order valence-corrected chi connectivity index (χ4v) is 2.54. The molecule has 3 aromatic carbocycles. The summed E-state index contributed by atoms with van der Waals surface area (Å²) in [5.41, 5.74) is -1.43. The van der Waals surface area contributed by atoms with E-state index in [0.29, 0.717) is 0 Å². The number of anilines is 1. The Morgan fingerprint density at radius 1 is 0.903 bits per heavy atom. The van der Waals surface area contributed by atoms with Crippen LogP contribution in [0, 0.1) is 5.82 Å². The Labute approximate surface area is 180 Å². The second-order valence-electron chi connectivity index (χ2n) is 6.00. The lowest BCUT2D eigenvalue weighted by molar-refractivity contribution is -0.141. The molecule has 0 aliphatic heterocycles. The second-order valence-corrected chi connectivity index (χ2v) is 6.41. The van der Waals surface area contributed by atoms with Crippen LogP contribution in [0.1, 0.15) is 22.8 Å². The number of hydrogen-bond donors (Lipinski definition) is 1. The first kappa shape index (κ1) is 23.9. The molecule has 0 saturated heterocycles. The molecule has 0 unspecified atom stereocenters. The molecule has 0 heterocycles. The van der Waals surface area contributed by atoms with Crippen molar-refractivity contribution >= 4 is 29.2 Å². The van der Waals surface area contributed by atoms with Crippen LogP contribution in [0.3, 0.4) is 0 Å². The van der Waals surface area contributed by atoms with Gasteiger partial charge >= 0.3 is 12.1 Å². The molecule has 0 aromatic heterocycles. The zero-order valence-corrected chi connectivity index (χ0v) is 16.8. The van der Waals surface area contributed by atoms with Crippen LogP contribution in [0.25, 0.3) is 0 Å². The summed E-state index contributed by atoms with van der Waals surface area (Å²) in [7, 11) is 0. The van der Waals surface area contributed by atoms with E-state index >= 15 is 0 Å². The zero-order chi connectivity index (χ0) is 23.0. The second kappa shape index (κ2) is 10.6. The van der Waals surface area contributed by atoms with Gasteiger partial charge in [0.25, 0.3) is 5.91 Å². The normalized spacial score (nSPS) is 10.5. The maximum absolute atomic E-state index is 13.1. The Morgan fingerprint density at radius 2 is 1.52 bits per heavy atom. The summed E-state index contributed by atoms with van der Waals surface area (Å²) in [6.45, 7) is 0.947. The number of carbonyl (C=O) groups excluding carboxylic acids is 2. The maximum atomic E-state index is 13.1. The lowest BCUT2D eigenvalue weighted by atomic mass is 10.1. The van der Waals surface area contributed by atoms with Crippen LogP contribution in [0.2, 0.25) is 5.02 Å². The average Bonchev–Trinajstić information content (AvgIpc) is 2.69. The fraction of sp³-hybridized carbons (Fsp3) is 0.0909. The minimum absolute atomic E-state index is 0.178. The van der Waals surface area contributed by atoms with Gasteiger partial charge in [0.2, 0.25) is 0 Å². The van der Waals surface area contributed by atoms with Crippen LogP contribution in [0.5, 0.6) is 5.75 Å². The number of amides is 1. The van der Waals surface area contributed by atoms with Crippen molar-refractivity contribution in [2.45, 2.75) is 13.1 Å². The standard InChI is InChI=1S/C16H11ClF3NO3.C6H5F/c1-9(22)24-14-10(5-4-6-11(14)16(18,19)20)15(23)21-13-8-3-2-7-12(13)17;7-6-4-2-1-3-5-6/h2-8H,1H3,(H,21,23);1-5H. The summed E-state index contributed by atoms with van der Waals surface area (Å²) in [5.74, 6) is -2.88. The van der Waals surface area contributed by atoms with Gasteiger partial charge in [-0.1, -0.05) is 48.0 Å². The molecule has 0 aliphatic rings. The molecule has 0 radical (unpaired) electrons. The topological polar surface area (TPSA) is 55.4 Å². The quantitative estimate of drug-likeness (QED) is 0.285. The fourth-order valence-electron chi connectivity index (χ4n) is 2.36. The SMILES string of the molecule is CC(=O)Oc1c(C(=O)Nc2ccccc2Cl)cccc1C(F)(F)F.Fc1ccccc1. The van der Waals surface area contributed by atoms with Crippen molar-refractivity contribution in [3.05, 3.63) is 94.8 Å². The number of alkyl halides is 3. The Hall–Kier alpha value is -3.39. The molecule has 1 N–H and O–H groups in total. The third-order valence-electron chi connectivity index (χ3n) is 3.67. The number of rotatable bonds is 3. The van der Waals surface area contributed by atoms with Crippen LogP contribution < -0.4 is 10.1 Å². The summed E-state index contributed by atoms with van der Waals surface area (Å²) in [5, 5.41) is 2.60. The lowest BCUT2D eigenvalue weighted by Gasteiger charge is -2.16. The molecule has 0 spiro atoms. The van der Waals surface area contributed by atoms with E-state index in [9.17, 15) is 27.2 Å². The van der Waals surface area contributed by atoms with Crippen LogP contribution >= 0.6 is 11.6 Å². The molecule has 1 amide bonds. The number of para-hydroxylation sites is 2. The van der Waals surface area contributed by atoms with E-state index in [1.54, 1.807) is 30.3 Å². The highest BCUT2D eigenvalue weighted by Crippen LogP contribution is 2.38. The summed E-state index contributed by atoms with van der Waals surface area (Å²) in [6.07, 6.45) is -4.79. The van der Waals surface area contributed by atoms with Gasteiger partial charge in [-0.2, -0.15) is 13.2 Å². The van der Waals surface area contributed by atoms with E-state index in [1.165, 1.54) is 24.3 Å². The number of nitrogens with one attached hydrogen (secondary N) is 1. The smallest absolute Gasteiger partial charge is 0.420 e. The Kier molecular flexibility index (Phi) is 8.15. The third kappa shape index (κ3) is 7.11. The zero-order valence-electron chi connectivity index (χ0n) is 16.0. The predicted molar refractivity (Wildman–Crippen MR) is 109 cm³/mol. The van der Waals surface area contributed by atoms with Gasteiger partial charge in [0.15, 0.2) is 5.75 Å². The molecule has 0 bridgehead atoms. The Morgan fingerprint density at radius 3 is 2.03 bits per heavy atom. The number of halogens is 5. The number of carbonyl (C=O) groups is 2. The van der Waals surface area contributed by atoms with E-state index in [-0.39, 0.29) is 16.5 Å². The number of hydrogen-bond acceptors (Lipinski definition) is 3. The molecule has 0 aliphatic carbocycles. The van der Waals surface area contributed by atoms with E-state index in [2.05, 4.69) is 10.1 Å². The first-order valence-electron chi connectivity index (χ1n) is 8.74. The minimum Gasteiger partial charge on any atom is -0.425 e. The first-order valence-corrected chi connectivity index (χ1v) is 9.12. The molecule has 9 heteroatoms. The van der Waals surface area contributed by atoms with Crippen molar-refractivity contribution in [2.24, 2.45) is 0 Å². The van der Waals surface area contributed by atoms with Crippen LogP contribution in [-0.2, 0) is 11.0 Å². The molecule has 4 nitrogen and oxygen atoms in total. The Bertz CT molecular complexity index is 1060. The molecule has 3 rings (SSSR count). The molecule has 0 saturated carbocycles. The highest BCUT2D eigenvalue weighted by Gasteiger charge is 2.37. The third-order valence-corrected chi connectivity index (χ3v) is 4.00. The van der Waals surface area contributed by atoms with E-state index in [0.717, 1.165) is 25.1 Å². The van der Waals surface area contributed by atoms with Gasteiger partial charge in [-0.3, -0.25) is 9.59 Å². The van der Waals surface area contributed by atoms with Crippen molar-refractivity contribution < 1.29 is 31.9 Å². The molecule has 31 heavy (non-hydrogen) atoms. The predicted octanol–water partition coefficient (Wildman–Crippen LogP) is 6.36. The molecular weight excluding hydrogens is 438 g/mol. The van der Waals surface area contributed by atoms with Gasteiger partial charge in [0, 0.05) is 6.92 Å². The lowest BCUT2D eigenvalue weighted by Crippen LogP contribution is -2.18. The van der Waals surface area contributed by atoms with E-state index in [1.807, 2.05) is 0 Å². The Balaban J connectivity index is 0.000000412. The van der Waals surface area contributed by atoms with Gasteiger partial charge in [-0.25, -0.2) is 4.39 Å². The summed E-state index contributed by atoms with van der Waals surface area (Å²) >= 11 is 5.90. The first-order chi connectivity index (χ1) is 14.6. The van der Waals surface area contributed by atoms with Crippen LogP contribution in [0.15, 0.2) is 72.8 Å². The highest BCUT2D eigenvalue weighted by atomic mass is 35.5. The summed E-state index contributed by atoms with van der Waals surface area (Å²) in [6, 6.07) is 17.1. The van der Waals surface area contributed by atoms with Crippen molar-refractivity contribution in [1.82, 2.24) is 0 Å². The summed E-state index contributed by atoms with van der Waals surface area (Å²) < 4.78 is 55.8. The van der Waals surface area contributed by atoms with Crippen LogP contribution in [0.4, 0.5) is 23.2 Å². The molecule has 0 atom stereocenters. The largest absolute Gasteiger partial charge is 0.425 e. The average molecular weight is 454 g/mol. The molecular formula is C22H16ClF4NO3. The van der Waals surface area contributed by atoms with Gasteiger partial charge < -0.3 is 10.1 Å². The summed E-state index contributed by atoms with van der Waals surface area (Å²) in [4.78, 5) is 23.5. The van der Waals surface area contributed by atoms with Crippen molar-refractivity contribution in [1.29, 1.82) is 0 Å². The molecule has 3 aromatic rings. The molecule has 162 valence electrons. The molecule has 0 fully saturated rings. The van der Waals surface area contributed by atoms with Crippen molar-refractivity contribution in [2.75, 3.05) is 5.32 Å². The van der Waals surface area contributed by atoms with Crippen molar-refractivity contribution in [3.63, 3.8) is 0 Å². The van der Waals surface area contributed by atoms with Gasteiger partial charge in [-0.05, 0) is 36.4 Å². The van der Waals surface area contributed by atoms with Crippen molar-refractivity contribution in [3.8, 4) is 5.75 Å². The van der Waals surface area contributed by atoms with Crippen LogP contribution in [-0.4, -0.2) is 11.9 Å².